The van der Waals surface area contributed by atoms with Crippen molar-refractivity contribution in [2.75, 3.05) is 6.61 Å². The summed E-state index contributed by atoms with van der Waals surface area (Å²) in [6, 6.07) is 9.44. The van der Waals surface area contributed by atoms with Crippen molar-refractivity contribution in [1.29, 1.82) is 0 Å². The fourth-order valence-corrected chi connectivity index (χ4v) is 3.68. The maximum absolute atomic E-state index is 12.5. The fourth-order valence-electron chi connectivity index (χ4n) is 1.58. The summed E-state index contributed by atoms with van der Waals surface area (Å²) in [7, 11) is -2.64. The summed E-state index contributed by atoms with van der Waals surface area (Å²) in [5, 5.41) is 0.817. The summed E-state index contributed by atoms with van der Waals surface area (Å²) in [6.45, 7) is 2.39. The van der Waals surface area contributed by atoms with Crippen LogP contribution >= 0.6 is 7.37 Å². The highest BCUT2D eigenvalue weighted by Gasteiger charge is 2.32. The van der Waals surface area contributed by atoms with Crippen molar-refractivity contribution in [3.8, 4) is 0 Å². The molecule has 0 bridgehead atoms. The fraction of sp³-hybridized carbons (Fsp3) is 0.273. The van der Waals surface area contributed by atoms with E-state index >= 15 is 0 Å². The number of hydrogen-bond acceptors (Lipinski definition) is 2. The molecule has 2 atom stereocenters. The SMILES string of the molecule is CC1C=CCOP1(=O)c1ccccc1. The lowest BCUT2D eigenvalue weighted by Crippen LogP contribution is -2.18. The van der Waals surface area contributed by atoms with E-state index in [0.29, 0.717) is 6.61 Å². The third kappa shape index (κ3) is 1.56. The molecule has 2 nitrogen and oxygen atoms in total. The maximum Gasteiger partial charge on any atom is 0.238 e. The lowest BCUT2D eigenvalue weighted by molar-refractivity contribution is 0.350. The Morgan fingerprint density at radius 2 is 2.07 bits per heavy atom. The van der Waals surface area contributed by atoms with Crippen LogP contribution in [0.4, 0.5) is 0 Å². The summed E-state index contributed by atoms with van der Waals surface area (Å²) in [5.74, 6) is 0. The van der Waals surface area contributed by atoms with E-state index in [2.05, 4.69) is 0 Å². The highest BCUT2D eigenvalue weighted by atomic mass is 31.2. The summed E-state index contributed by atoms with van der Waals surface area (Å²) in [6.07, 6.45) is 3.89. The first kappa shape index (κ1) is 9.70. The molecular weight excluding hydrogens is 195 g/mol. The van der Waals surface area contributed by atoms with Crippen molar-refractivity contribution < 1.29 is 9.09 Å². The lowest BCUT2D eigenvalue weighted by atomic mass is 10.4. The summed E-state index contributed by atoms with van der Waals surface area (Å²) in [5.41, 5.74) is -0.0151. The van der Waals surface area contributed by atoms with Crippen LogP contribution in [0.3, 0.4) is 0 Å². The molecule has 1 aliphatic heterocycles. The molecule has 0 fully saturated rings. The number of hydrogen-bond donors (Lipinski definition) is 0. The van der Waals surface area contributed by atoms with Gasteiger partial charge in [0.25, 0.3) is 0 Å². The van der Waals surface area contributed by atoms with Gasteiger partial charge in [-0.2, -0.15) is 0 Å². The Bertz CT molecular complexity index is 384. The second-order valence-corrected chi connectivity index (χ2v) is 6.18. The van der Waals surface area contributed by atoms with Gasteiger partial charge in [0, 0.05) is 5.30 Å². The molecule has 0 spiro atoms. The first-order valence-corrected chi connectivity index (χ1v) is 6.39. The van der Waals surface area contributed by atoms with Crippen molar-refractivity contribution in [2.24, 2.45) is 0 Å². The van der Waals surface area contributed by atoms with Crippen LogP contribution in [0.1, 0.15) is 6.92 Å². The molecule has 0 saturated carbocycles. The molecule has 1 aromatic carbocycles. The van der Waals surface area contributed by atoms with Crippen LogP contribution in [0.15, 0.2) is 42.5 Å². The maximum atomic E-state index is 12.5. The average molecular weight is 208 g/mol. The standard InChI is InChI=1S/C11H13O2P/c1-10-6-5-9-13-14(10,12)11-7-3-2-4-8-11/h2-8,10H,9H2,1H3. The molecule has 3 heteroatoms. The van der Waals surface area contributed by atoms with E-state index in [1.54, 1.807) is 0 Å². The van der Waals surface area contributed by atoms with Crippen molar-refractivity contribution in [1.82, 2.24) is 0 Å². The van der Waals surface area contributed by atoms with E-state index in [1.165, 1.54) is 0 Å². The third-order valence-electron chi connectivity index (χ3n) is 2.43. The van der Waals surface area contributed by atoms with Crippen molar-refractivity contribution in [3.63, 3.8) is 0 Å². The average Bonchev–Trinajstić information content (AvgIpc) is 2.24. The molecule has 1 heterocycles. The van der Waals surface area contributed by atoms with E-state index in [9.17, 15) is 4.57 Å². The molecule has 0 aliphatic carbocycles. The van der Waals surface area contributed by atoms with Gasteiger partial charge in [-0.25, -0.2) is 0 Å². The molecule has 0 aromatic heterocycles. The minimum atomic E-state index is -2.64. The molecule has 0 N–H and O–H groups in total. The normalized spacial score (nSPS) is 31.6. The van der Waals surface area contributed by atoms with Gasteiger partial charge in [0.2, 0.25) is 7.37 Å². The van der Waals surface area contributed by atoms with Crippen LogP contribution in [0.5, 0.6) is 0 Å². The van der Waals surface area contributed by atoms with E-state index in [1.807, 2.05) is 49.4 Å². The quantitative estimate of drug-likeness (QED) is 0.523. The van der Waals surface area contributed by atoms with Crippen LogP contribution < -0.4 is 5.30 Å². The van der Waals surface area contributed by atoms with Gasteiger partial charge in [-0.3, -0.25) is 4.57 Å². The highest BCUT2D eigenvalue weighted by Crippen LogP contribution is 2.52. The highest BCUT2D eigenvalue weighted by molar-refractivity contribution is 7.67. The molecule has 0 radical (unpaired) electrons. The van der Waals surface area contributed by atoms with E-state index < -0.39 is 7.37 Å². The van der Waals surface area contributed by atoms with Gasteiger partial charge in [0.05, 0.1) is 12.3 Å². The Balaban J connectivity index is 2.42. The molecule has 74 valence electrons. The Morgan fingerprint density at radius 3 is 2.71 bits per heavy atom. The second kappa shape index (κ2) is 3.72. The van der Waals surface area contributed by atoms with Crippen molar-refractivity contribution in [3.05, 3.63) is 42.5 Å². The second-order valence-electron chi connectivity index (χ2n) is 3.40. The van der Waals surface area contributed by atoms with Gasteiger partial charge in [-0.1, -0.05) is 30.4 Å². The minimum absolute atomic E-state index is 0.0151. The van der Waals surface area contributed by atoms with Gasteiger partial charge in [-0.15, -0.1) is 0 Å². The number of allylic oxidation sites excluding steroid dienone is 1. The van der Waals surface area contributed by atoms with E-state index in [0.717, 1.165) is 5.30 Å². The first-order chi connectivity index (χ1) is 6.73. The van der Waals surface area contributed by atoms with E-state index in [-0.39, 0.29) is 5.66 Å². The molecule has 1 aliphatic rings. The molecule has 0 saturated heterocycles. The zero-order valence-corrected chi connectivity index (χ0v) is 8.98. The Labute approximate surface area is 84.1 Å². The largest absolute Gasteiger partial charge is 0.321 e. The molecule has 2 rings (SSSR count). The monoisotopic (exact) mass is 208 g/mol. The predicted molar refractivity (Wildman–Crippen MR) is 58.2 cm³/mol. The Morgan fingerprint density at radius 1 is 1.36 bits per heavy atom. The lowest BCUT2D eigenvalue weighted by Gasteiger charge is -2.25. The summed E-state index contributed by atoms with van der Waals surface area (Å²) >= 11 is 0. The smallest absolute Gasteiger partial charge is 0.238 e. The van der Waals surface area contributed by atoms with E-state index in [4.69, 9.17) is 4.52 Å². The molecule has 1 aromatic rings. The van der Waals surface area contributed by atoms with Crippen LogP contribution in [0.25, 0.3) is 0 Å². The Hall–Kier alpha value is -0.850. The minimum Gasteiger partial charge on any atom is -0.321 e. The van der Waals surface area contributed by atoms with Crippen LogP contribution in [-0.2, 0) is 9.09 Å². The zero-order valence-electron chi connectivity index (χ0n) is 8.09. The summed E-state index contributed by atoms with van der Waals surface area (Å²) < 4.78 is 17.9. The van der Waals surface area contributed by atoms with Gasteiger partial charge in [-0.05, 0) is 19.1 Å². The van der Waals surface area contributed by atoms with Gasteiger partial charge in [0.15, 0.2) is 0 Å². The zero-order chi connectivity index (χ0) is 10.0. The third-order valence-corrected chi connectivity index (χ3v) is 5.22. The molecular formula is C11H13O2P. The number of rotatable bonds is 1. The molecule has 0 amide bonds. The van der Waals surface area contributed by atoms with Gasteiger partial charge >= 0.3 is 0 Å². The van der Waals surface area contributed by atoms with Gasteiger partial charge < -0.3 is 4.52 Å². The van der Waals surface area contributed by atoms with Gasteiger partial charge in [0.1, 0.15) is 0 Å². The van der Waals surface area contributed by atoms with Crippen LogP contribution in [0.2, 0.25) is 0 Å². The van der Waals surface area contributed by atoms with Crippen LogP contribution in [-0.4, -0.2) is 12.3 Å². The molecule has 14 heavy (non-hydrogen) atoms. The van der Waals surface area contributed by atoms with Crippen LogP contribution in [0, 0.1) is 0 Å². The predicted octanol–water partition coefficient (Wildman–Crippen LogP) is 2.56. The van der Waals surface area contributed by atoms with Crippen molar-refractivity contribution >= 4 is 12.7 Å². The Kier molecular flexibility index (Phi) is 2.58. The number of benzene rings is 1. The van der Waals surface area contributed by atoms with Crippen molar-refractivity contribution in [2.45, 2.75) is 12.6 Å². The molecule has 2 unspecified atom stereocenters. The first-order valence-electron chi connectivity index (χ1n) is 4.70. The topological polar surface area (TPSA) is 26.3 Å². The summed E-state index contributed by atoms with van der Waals surface area (Å²) in [4.78, 5) is 0.